The van der Waals surface area contributed by atoms with Crippen molar-refractivity contribution in [2.24, 2.45) is 0 Å². The van der Waals surface area contributed by atoms with Gasteiger partial charge in [0.25, 0.3) is 0 Å². The quantitative estimate of drug-likeness (QED) is 0.693. The number of pyridine rings is 1. The van der Waals surface area contributed by atoms with Gasteiger partial charge in [0.2, 0.25) is 15.9 Å². The highest BCUT2D eigenvalue weighted by atomic mass is 32.2. The van der Waals surface area contributed by atoms with Gasteiger partial charge in [-0.1, -0.05) is 18.2 Å². The second-order valence-electron chi connectivity index (χ2n) is 7.23. The Kier molecular flexibility index (Phi) is 6.72. The van der Waals surface area contributed by atoms with Crippen LogP contribution in [0.2, 0.25) is 0 Å². The van der Waals surface area contributed by atoms with Crippen LogP contribution in [0.3, 0.4) is 0 Å². The predicted octanol–water partition coefficient (Wildman–Crippen LogP) is 2.74. The molecule has 0 aliphatic rings. The molecule has 0 spiro atoms. The molecule has 0 aliphatic heterocycles. The summed E-state index contributed by atoms with van der Waals surface area (Å²) in [5.41, 5.74) is 1.94. The Hall–Kier alpha value is -1.99. The zero-order valence-corrected chi connectivity index (χ0v) is 16.4. The van der Waals surface area contributed by atoms with Crippen molar-refractivity contribution in [3.63, 3.8) is 0 Å². The molecule has 2 rings (SSSR count). The lowest BCUT2D eigenvalue weighted by Gasteiger charge is -2.19. The van der Waals surface area contributed by atoms with Gasteiger partial charge in [0.05, 0.1) is 10.3 Å². The number of nitrogens with zero attached hydrogens (tertiary/aromatic N) is 1. The third-order valence-electron chi connectivity index (χ3n) is 4.14. The van der Waals surface area contributed by atoms with Crippen LogP contribution in [0.15, 0.2) is 36.5 Å². The van der Waals surface area contributed by atoms with E-state index >= 15 is 0 Å². The summed E-state index contributed by atoms with van der Waals surface area (Å²) in [6, 6.07) is 9.73. The molecule has 2 aromatic rings. The van der Waals surface area contributed by atoms with Gasteiger partial charge in [-0.05, 0) is 51.3 Å². The summed E-state index contributed by atoms with van der Waals surface area (Å²) in [4.78, 5) is 16.3. The van der Waals surface area contributed by atoms with Crippen molar-refractivity contribution in [3.8, 4) is 0 Å². The van der Waals surface area contributed by atoms with E-state index in [1.54, 1.807) is 27.0 Å². The fourth-order valence-electron chi connectivity index (χ4n) is 2.43. The number of aromatic nitrogens is 1. The molecule has 0 fully saturated rings. The summed E-state index contributed by atoms with van der Waals surface area (Å²) in [7, 11) is -3.32. The topological polar surface area (TPSA) is 88.2 Å². The van der Waals surface area contributed by atoms with Crippen molar-refractivity contribution in [1.29, 1.82) is 0 Å². The molecule has 7 heteroatoms. The molecular formula is C19H27N3O3S. The molecule has 1 aromatic heterocycles. The number of nitrogens with one attached hydrogen (secondary N) is 2. The lowest BCUT2D eigenvalue weighted by molar-refractivity contribution is -0.121. The Morgan fingerprint density at radius 3 is 2.58 bits per heavy atom. The molecule has 0 bridgehead atoms. The largest absolute Gasteiger partial charge is 0.352 e. The zero-order chi connectivity index (χ0) is 19.2. The highest BCUT2D eigenvalue weighted by Gasteiger charge is 2.27. The molecule has 1 aromatic carbocycles. The maximum atomic E-state index is 12.0. The number of fused-ring (bicyclic) bond motifs is 1. The van der Waals surface area contributed by atoms with Gasteiger partial charge in [0, 0.05) is 31.1 Å². The summed E-state index contributed by atoms with van der Waals surface area (Å²) in [6.45, 7) is 5.78. The first-order valence-electron chi connectivity index (χ1n) is 8.79. The molecule has 26 heavy (non-hydrogen) atoms. The Bertz CT molecular complexity index is 852. The summed E-state index contributed by atoms with van der Waals surface area (Å²) in [5, 5.41) is 3.95. The summed E-state index contributed by atoms with van der Waals surface area (Å²) >= 11 is 0. The van der Waals surface area contributed by atoms with Crippen LogP contribution in [0.1, 0.15) is 45.6 Å². The van der Waals surface area contributed by atoms with E-state index < -0.39 is 14.8 Å². The average Bonchev–Trinajstić information content (AvgIpc) is 2.58. The van der Waals surface area contributed by atoms with Gasteiger partial charge in [-0.2, -0.15) is 0 Å². The average molecular weight is 378 g/mol. The monoisotopic (exact) mass is 377 g/mol. The van der Waals surface area contributed by atoms with Gasteiger partial charge >= 0.3 is 0 Å². The van der Waals surface area contributed by atoms with E-state index in [1.165, 1.54) is 0 Å². The summed E-state index contributed by atoms with van der Waals surface area (Å²) in [6.07, 6.45) is 3.38. The first kappa shape index (κ1) is 20.3. The van der Waals surface area contributed by atoms with Crippen molar-refractivity contribution < 1.29 is 13.2 Å². The SMILES string of the molecule is CC(C)(C)S(=O)(=O)NCCCCC(=O)NCc1ccnc2ccccc12. The van der Waals surface area contributed by atoms with E-state index in [2.05, 4.69) is 15.0 Å². The maximum Gasteiger partial charge on any atom is 0.220 e. The maximum absolute atomic E-state index is 12.0. The smallest absolute Gasteiger partial charge is 0.220 e. The van der Waals surface area contributed by atoms with Crippen LogP contribution in [0, 0.1) is 0 Å². The first-order valence-corrected chi connectivity index (χ1v) is 10.3. The van der Waals surface area contributed by atoms with Crippen molar-refractivity contribution in [2.45, 2.75) is 51.3 Å². The fraction of sp³-hybridized carbons (Fsp3) is 0.474. The zero-order valence-electron chi connectivity index (χ0n) is 15.6. The minimum atomic E-state index is -3.32. The van der Waals surface area contributed by atoms with Crippen molar-refractivity contribution in [2.75, 3.05) is 6.54 Å². The third kappa shape index (κ3) is 5.51. The van der Waals surface area contributed by atoms with Crippen LogP contribution in [0.4, 0.5) is 0 Å². The van der Waals surface area contributed by atoms with E-state index in [0.717, 1.165) is 16.5 Å². The van der Waals surface area contributed by atoms with Crippen LogP contribution in [-0.4, -0.2) is 30.6 Å². The second kappa shape index (κ2) is 8.60. The van der Waals surface area contributed by atoms with Crippen LogP contribution >= 0.6 is 0 Å². The number of hydrogen-bond acceptors (Lipinski definition) is 4. The van der Waals surface area contributed by atoms with Gasteiger partial charge in [-0.3, -0.25) is 9.78 Å². The number of amides is 1. The van der Waals surface area contributed by atoms with Gasteiger partial charge < -0.3 is 5.32 Å². The summed E-state index contributed by atoms with van der Waals surface area (Å²) < 4.78 is 25.6. The highest BCUT2D eigenvalue weighted by molar-refractivity contribution is 7.90. The number of sulfonamides is 1. The van der Waals surface area contributed by atoms with Gasteiger partial charge in [-0.25, -0.2) is 13.1 Å². The van der Waals surface area contributed by atoms with Crippen molar-refractivity contribution >= 4 is 26.8 Å². The molecule has 142 valence electrons. The molecule has 0 saturated heterocycles. The van der Waals surface area contributed by atoms with Crippen LogP contribution < -0.4 is 10.0 Å². The van der Waals surface area contributed by atoms with Crippen molar-refractivity contribution in [3.05, 3.63) is 42.1 Å². The lowest BCUT2D eigenvalue weighted by atomic mass is 10.1. The van der Waals surface area contributed by atoms with E-state index in [9.17, 15) is 13.2 Å². The predicted molar refractivity (Wildman–Crippen MR) is 104 cm³/mol. The number of benzene rings is 1. The second-order valence-corrected chi connectivity index (χ2v) is 9.75. The molecule has 0 unspecified atom stereocenters. The normalized spacial score (nSPS) is 12.3. The number of carbonyl (C=O) groups excluding carboxylic acids is 1. The summed E-state index contributed by atoms with van der Waals surface area (Å²) in [5.74, 6) is -0.0374. The number of rotatable bonds is 8. The fourth-order valence-corrected chi connectivity index (χ4v) is 3.27. The highest BCUT2D eigenvalue weighted by Crippen LogP contribution is 2.16. The Morgan fingerprint density at radius 1 is 1.12 bits per heavy atom. The molecule has 0 atom stereocenters. The minimum absolute atomic E-state index is 0.0374. The Morgan fingerprint density at radius 2 is 1.85 bits per heavy atom. The molecule has 2 N–H and O–H groups in total. The third-order valence-corrected chi connectivity index (χ3v) is 6.34. The number of carbonyl (C=O) groups is 1. The molecule has 1 heterocycles. The van der Waals surface area contributed by atoms with Gasteiger partial charge in [-0.15, -0.1) is 0 Å². The standard InChI is InChI=1S/C19H27N3O3S/c1-19(2,3)26(24,25)22-12-7-6-10-18(23)21-14-15-11-13-20-17-9-5-4-8-16(15)17/h4-5,8-9,11,13,22H,6-7,10,12,14H2,1-3H3,(H,21,23). The van der Waals surface area contributed by atoms with Crippen LogP contribution in [-0.2, 0) is 21.4 Å². The Balaban J connectivity index is 1.73. The lowest BCUT2D eigenvalue weighted by Crippen LogP contribution is -2.39. The molecule has 0 saturated carbocycles. The molecule has 0 aliphatic carbocycles. The van der Waals surface area contributed by atoms with Crippen LogP contribution in [0.25, 0.3) is 10.9 Å². The molecule has 0 radical (unpaired) electrons. The van der Waals surface area contributed by atoms with Gasteiger partial charge in [0.1, 0.15) is 0 Å². The van der Waals surface area contributed by atoms with E-state index in [4.69, 9.17) is 0 Å². The van der Waals surface area contributed by atoms with E-state index in [1.807, 2.05) is 30.3 Å². The first-order chi connectivity index (χ1) is 12.2. The number of para-hydroxylation sites is 1. The van der Waals surface area contributed by atoms with Gasteiger partial charge in [0.15, 0.2) is 0 Å². The molecule has 1 amide bonds. The van der Waals surface area contributed by atoms with Crippen molar-refractivity contribution in [1.82, 2.24) is 15.0 Å². The van der Waals surface area contributed by atoms with Crippen LogP contribution in [0.5, 0.6) is 0 Å². The number of unbranched alkanes of at least 4 members (excludes halogenated alkanes) is 1. The Labute approximate surface area is 155 Å². The van der Waals surface area contributed by atoms with E-state index in [0.29, 0.717) is 32.4 Å². The molecular weight excluding hydrogens is 350 g/mol. The molecule has 6 nitrogen and oxygen atoms in total. The minimum Gasteiger partial charge on any atom is -0.352 e. The number of hydrogen-bond donors (Lipinski definition) is 2. The van der Waals surface area contributed by atoms with E-state index in [-0.39, 0.29) is 5.91 Å².